The molecule has 1 radical (unpaired) electrons. The molecule has 281 valence electrons. The Labute approximate surface area is 305 Å². The molecule has 0 amide bonds. The van der Waals surface area contributed by atoms with Gasteiger partial charge in [-0.3, -0.25) is 0 Å². The van der Waals surface area contributed by atoms with Crippen molar-refractivity contribution in [3.05, 3.63) is 41.8 Å². The van der Waals surface area contributed by atoms with Crippen LogP contribution >= 0.6 is 0 Å². The van der Waals surface area contributed by atoms with Gasteiger partial charge in [0.25, 0.3) is 0 Å². The van der Waals surface area contributed by atoms with Crippen LogP contribution in [0.5, 0.6) is 0 Å². The molecule has 0 fully saturated rings. The third-order valence-corrected chi connectivity index (χ3v) is 11.0. The molecule has 0 unspecified atom stereocenters. The highest BCUT2D eigenvalue weighted by Crippen LogP contribution is 2.20. The first-order chi connectivity index (χ1) is 23.8. The Balaban J connectivity index is 2.04. The highest BCUT2D eigenvalue weighted by molar-refractivity contribution is 5.30. The Morgan fingerprint density at radius 3 is 0.667 bits per heavy atom. The Morgan fingerprint density at radius 1 is 0.271 bits per heavy atom. The van der Waals surface area contributed by atoms with Crippen molar-refractivity contribution in [1.82, 2.24) is 0 Å². The van der Waals surface area contributed by atoms with Gasteiger partial charge in [0.05, 0.1) is 0 Å². The fourth-order valence-electron chi connectivity index (χ4n) is 7.71. The summed E-state index contributed by atoms with van der Waals surface area (Å²) < 4.78 is 0. The Bertz CT molecular complexity index is 690. The lowest BCUT2D eigenvalue weighted by Crippen LogP contribution is -1.96. The second-order valence-electron chi connectivity index (χ2n) is 15.9. The highest BCUT2D eigenvalue weighted by atomic mass is 14.1. The third kappa shape index (κ3) is 31.2. The third-order valence-electron chi connectivity index (χ3n) is 11.0. The largest absolute Gasteiger partial charge is 0.0654 e. The van der Waals surface area contributed by atoms with Crippen LogP contribution in [-0.2, 0) is 19.3 Å². The van der Waals surface area contributed by atoms with Crippen molar-refractivity contribution in [2.75, 3.05) is 0 Å². The van der Waals surface area contributed by atoms with Crippen molar-refractivity contribution in [2.45, 2.75) is 264 Å². The molecule has 0 atom stereocenters. The average molecular weight is 666 g/mol. The van der Waals surface area contributed by atoms with Gasteiger partial charge in [-0.25, -0.2) is 0 Å². The van der Waals surface area contributed by atoms with E-state index in [1.54, 1.807) is 16.7 Å². The Kier molecular flexibility index (Phi) is 35.3. The first-order valence-corrected chi connectivity index (χ1v) is 22.7. The van der Waals surface area contributed by atoms with E-state index >= 15 is 0 Å². The number of rotatable bonds is 39. The summed E-state index contributed by atoms with van der Waals surface area (Å²) in [5.74, 6) is 0. The molecule has 0 saturated carbocycles. The zero-order chi connectivity index (χ0) is 34.4. The summed E-state index contributed by atoms with van der Waals surface area (Å²) in [5, 5.41) is 0. The second-order valence-corrected chi connectivity index (χ2v) is 15.9. The second kappa shape index (κ2) is 37.5. The lowest BCUT2D eigenvalue weighted by molar-refractivity contribution is 0.527. The molecule has 0 heteroatoms. The monoisotopic (exact) mass is 666 g/mol. The molecule has 0 nitrogen and oxygen atoms in total. The van der Waals surface area contributed by atoms with Gasteiger partial charge in [0.1, 0.15) is 0 Å². The van der Waals surface area contributed by atoms with E-state index in [9.17, 15) is 0 Å². The molecule has 0 aliphatic carbocycles. The Hall–Kier alpha value is -0.780. The van der Waals surface area contributed by atoms with Crippen molar-refractivity contribution < 1.29 is 0 Å². The maximum absolute atomic E-state index is 4.10. The van der Waals surface area contributed by atoms with Gasteiger partial charge in [-0.15, -0.1) is 0 Å². The normalized spacial score (nSPS) is 11.6. The molecule has 1 rings (SSSR count). The van der Waals surface area contributed by atoms with E-state index in [1.165, 1.54) is 244 Å². The number of hydrogen-bond donors (Lipinski definition) is 0. The fourth-order valence-corrected chi connectivity index (χ4v) is 7.71. The summed E-state index contributed by atoms with van der Waals surface area (Å²) in [5.41, 5.74) is 4.80. The average Bonchev–Trinajstić information content (AvgIpc) is 3.10. The van der Waals surface area contributed by atoms with Crippen molar-refractivity contribution in [1.29, 1.82) is 0 Å². The maximum atomic E-state index is 4.10. The zero-order valence-corrected chi connectivity index (χ0v) is 33.5. The van der Waals surface area contributed by atoms with E-state index in [1.807, 2.05) is 0 Å². The lowest BCUT2D eigenvalue weighted by Gasteiger charge is -2.11. The fraction of sp³-hybridized carbons (Fsp3) is 0.854. The molecule has 0 aliphatic rings. The van der Waals surface area contributed by atoms with Gasteiger partial charge in [-0.05, 0) is 55.2 Å². The van der Waals surface area contributed by atoms with Crippen LogP contribution in [0.1, 0.15) is 262 Å². The van der Waals surface area contributed by atoms with Crippen LogP contribution in [-0.4, -0.2) is 0 Å². The van der Waals surface area contributed by atoms with Gasteiger partial charge in [-0.2, -0.15) is 0 Å². The summed E-state index contributed by atoms with van der Waals surface area (Å²) in [6.45, 7) is 8.72. The van der Waals surface area contributed by atoms with Crippen LogP contribution in [0.4, 0.5) is 0 Å². The van der Waals surface area contributed by atoms with E-state index in [4.69, 9.17) is 0 Å². The van der Waals surface area contributed by atoms with Gasteiger partial charge in [-0.1, -0.05) is 251 Å². The minimum Gasteiger partial charge on any atom is -0.0654 e. The predicted molar refractivity (Wildman–Crippen MR) is 220 cm³/mol. The minimum atomic E-state index is 1.05. The molecule has 0 saturated heterocycles. The summed E-state index contributed by atoms with van der Waals surface area (Å²) >= 11 is 0. The maximum Gasteiger partial charge on any atom is -0.0279 e. The van der Waals surface area contributed by atoms with Crippen molar-refractivity contribution in [2.24, 2.45) is 0 Å². The van der Waals surface area contributed by atoms with Crippen molar-refractivity contribution >= 4 is 0 Å². The lowest BCUT2D eigenvalue weighted by atomic mass is 9.95. The quantitative estimate of drug-likeness (QED) is 0.0614. The first kappa shape index (κ1) is 45.2. The van der Waals surface area contributed by atoms with E-state index in [-0.39, 0.29) is 0 Å². The molecular formula is C48H89. The highest BCUT2D eigenvalue weighted by Gasteiger charge is 2.04. The Morgan fingerprint density at radius 2 is 0.458 bits per heavy atom. The number of hydrogen-bond acceptors (Lipinski definition) is 0. The van der Waals surface area contributed by atoms with Crippen LogP contribution in [0.2, 0.25) is 0 Å². The van der Waals surface area contributed by atoms with Crippen molar-refractivity contribution in [3.8, 4) is 0 Å². The summed E-state index contributed by atoms with van der Waals surface area (Å²) in [6, 6.07) is 7.62. The predicted octanol–water partition coefficient (Wildman–Crippen LogP) is 17.2. The topological polar surface area (TPSA) is 0 Å². The van der Waals surface area contributed by atoms with Crippen LogP contribution in [0, 0.1) is 6.92 Å². The van der Waals surface area contributed by atoms with Crippen LogP contribution in [0.25, 0.3) is 0 Å². The smallest absolute Gasteiger partial charge is 0.0279 e. The van der Waals surface area contributed by atoms with Gasteiger partial charge in [0.15, 0.2) is 0 Å². The standard InChI is InChI=1S/C48H89/c1-4-7-10-12-14-16-18-20-22-24-26-28-30-32-34-36-38-41-47-43-46(40-9-6-3)44-48(45-47)42-39-37-35-33-31-29-27-25-23-21-19-17-15-13-11-8-5-2/h43-45H,3-42H2,1-2H3. The summed E-state index contributed by atoms with van der Waals surface area (Å²) in [4.78, 5) is 0. The van der Waals surface area contributed by atoms with Crippen LogP contribution in [0.3, 0.4) is 0 Å². The molecule has 0 spiro atoms. The number of aryl methyl sites for hydroxylation is 3. The first-order valence-electron chi connectivity index (χ1n) is 22.7. The molecule has 0 bridgehead atoms. The number of unbranched alkanes of at least 4 members (excludes halogenated alkanes) is 33. The molecule has 0 N–H and O–H groups in total. The van der Waals surface area contributed by atoms with Crippen molar-refractivity contribution in [3.63, 3.8) is 0 Å². The van der Waals surface area contributed by atoms with Gasteiger partial charge >= 0.3 is 0 Å². The molecule has 48 heavy (non-hydrogen) atoms. The zero-order valence-electron chi connectivity index (χ0n) is 33.5. The number of benzene rings is 1. The molecule has 1 aromatic rings. The van der Waals surface area contributed by atoms with Crippen LogP contribution in [0.15, 0.2) is 18.2 Å². The summed E-state index contributed by atoms with van der Waals surface area (Å²) in [7, 11) is 0. The molecular weight excluding hydrogens is 577 g/mol. The van der Waals surface area contributed by atoms with Gasteiger partial charge in [0, 0.05) is 0 Å². The molecule has 1 aromatic carbocycles. The minimum absolute atomic E-state index is 1.05. The van der Waals surface area contributed by atoms with E-state index in [2.05, 4.69) is 39.0 Å². The van der Waals surface area contributed by atoms with Crippen LogP contribution < -0.4 is 0 Å². The van der Waals surface area contributed by atoms with E-state index < -0.39 is 0 Å². The SMILES string of the molecule is [CH2]CCCc1cc(CCCCCCCCCCCCCCCCCCC)cc(CCCCCCCCCCCCCCCCCCC)c1. The molecule has 0 heterocycles. The van der Waals surface area contributed by atoms with E-state index in [0.29, 0.717) is 0 Å². The molecule has 0 aromatic heterocycles. The molecule has 0 aliphatic heterocycles. The van der Waals surface area contributed by atoms with Gasteiger partial charge in [0.2, 0.25) is 0 Å². The summed E-state index contributed by atoms with van der Waals surface area (Å²) in [6.07, 6.45) is 55.4. The van der Waals surface area contributed by atoms with E-state index in [0.717, 1.165) is 6.42 Å². The van der Waals surface area contributed by atoms with Gasteiger partial charge < -0.3 is 0 Å².